The summed E-state index contributed by atoms with van der Waals surface area (Å²) in [5.41, 5.74) is 5.02. The van der Waals surface area contributed by atoms with Gasteiger partial charge in [0.15, 0.2) is 0 Å². The van der Waals surface area contributed by atoms with E-state index in [4.69, 9.17) is 16.3 Å². The van der Waals surface area contributed by atoms with Crippen molar-refractivity contribution in [3.05, 3.63) is 99.1 Å². The Morgan fingerprint density at radius 3 is 2.47 bits per heavy atom. The van der Waals surface area contributed by atoms with E-state index in [1.54, 1.807) is 34.7 Å². The van der Waals surface area contributed by atoms with Gasteiger partial charge in [-0.1, -0.05) is 41.4 Å². The maximum absolute atomic E-state index is 13.7. The second-order valence-electron chi connectivity index (χ2n) is 8.86. The lowest BCUT2D eigenvalue weighted by atomic mass is 10.1. The summed E-state index contributed by atoms with van der Waals surface area (Å²) >= 11 is 6.31. The van der Waals surface area contributed by atoms with Crippen molar-refractivity contribution in [1.29, 1.82) is 0 Å². The first-order valence-electron chi connectivity index (χ1n) is 11.5. The number of benzene rings is 3. The molecule has 3 aromatic carbocycles. The first-order chi connectivity index (χ1) is 17.3. The third kappa shape index (κ3) is 4.45. The number of hydrogen-bond donors (Lipinski definition) is 1. The van der Waals surface area contributed by atoms with Gasteiger partial charge in [-0.25, -0.2) is 4.98 Å². The van der Waals surface area contributed by atoms with Gasteiger partial charge in [-0.3, -0.25) is 14.2 Å². The number of hydrogen-bond acceptors (Lipinski definition) is 4. The summed E-state index contributed by atoms with van der Waals surface area (Å²) in [7, 11) is 1.61. The van der Waals surface area contributed by atoms with Crippen LogP contribution in [0.25, 0.3) is 21.9 Å². The van der Waals surface area contributed by atoms with Crippen molar-refractivity contribution in [3.63, 3.8) is 0 Å². The Balaban J connectivity index is 1.57. The van der Waals surface area contributed by atoms with E-state index in [1.807, 2.05) is 62.4 Å². The van der Waals surface area contributed by atoms with E-state index in [-0.39, 0.29) is 18.0 Å². The normalized spacial score (nSPS) is 11.2. The minimum Gasteiger partial charge on any atom is -0.497 e. The van der Waals surface area contributed by atoms with Crippen LogP contribution in [-0.4, -0.2) is 27.1 Å². The number of fused-ring (bicyclic) bond motifs is 3. The van der Waals surface area contributed by atoms with Gasteiger partial charge < -0.3 is 14.6 Å². The van der Waals surface area contributed by atoms with E-state index >= 15 is 0 Å². The lowest BCUT2D eigenvalue weighted by Gasteiger charge is -2.11. The van der Waals surface area contributed by atoms with E-state index in [0.29, 0.717) is 28.3 Å². The van der Waals surface area contributed by atoms with Crippen molar-refractivity contribution < 1.29 is 9.53 Å². The Labute approximate surface area is 212 Å². The number of ether oxygens (including phenoxy) is 1. The maximum atomic E-state index is 13.7. The maximum Gasteiger partial charge on any atom is 0.278 e. The molecule has 7 nitrogen and oxygen atoms in total. The number of anilines is 1. The number of carbonyl (C=O) groups excluding carboxylic acids is 1. The van der Waals surface area contributed by atoms with Crippen LogP contribution in [0.5, 0.6) is 5.75 Å². The van der Waals surface area contributed by atoms with Crippen molar-refractivity contribution in [2.24, 2.45) is 0 Å². The number of halogens is 1. The van der Waals surface area contributed by atoms with Crippen LogP contribution < -0.4 is 15.6 Å². The molecule has 0 spiro atoms. The number of methoxy groups -OCH3 is 1. The average Bonchev–Trinajstić information content (AvgIpc) is 3.16. The fourth-order valence-corrected chi connectivity index (χ4v) is 4.66. The largest absolute Gasteiger partial charge is 0.497 e. The molecule has 182 valence electrons. The van der Waals surface area contributed by atoms with Crippen LogP contribution in [-0.2, 0) is 17.9 Å². The smallest absolute Gasteiger partial charge is 0.278 e. The number of carbonyl (C=O) groups is 1. The second kappa shape index (κ2) is 9.51. The molecule has 0 saturated heterocycles. The molecular formula is C28H25ClN4O3. The zero-order chi connectivity index (χ0) is 25.4. The molecule has 0 bridgehead atoms. The molecule has 2 aromatic heterocycles. The second-order valence-corrected chi connectivity index (χ2v) is 9.27. The number of aromatic nitrogens is 3. The summed E-state index contributed by atoms with van der Waals surface area (Å²) in [6.07, 6.45) is 1.56. The molecule has 1 N–H and O–H groups in total. The molecule has 5 rings (SSSR count). The van der Waals surface area contributed by atoms with Gasteiger partial charge in [-0.2, -0.15) is 0 Å². The monoisotopic (exact) mass is 500 g/mol. The molecular weight excluding hydrogens is 476 g/mol. The first-order valence-corrected chi connectivity index (χ1v) is 11.9. The summed E-state index contributed by atoms with van der Waals surface area (Å²) in [6.45, 7) is 4.20. The van der Waals surface area contributed by atoms with Crippen molar-refractivity contribution in [3.8, 4) is 5.75 Å². The van der Waals surface area contributed by atoms with Crippen LogP contribution >= 0.6 is 11.6 Å². The highest BCUT2D eigenvalue weighted by atomic mass is 35.5. The fourth-order valence-electron chi connectivity index (χ4n) is 4.37. The van der Waals surface area contributed by atoms with Crippen molar-refractivity contribution in [2.45, 2.75) is 26.9 Å². The lowest BCUT2D eigenvalue weighted by Crippen LogP contribution is -2.25. The molecule has 0 radical (unpaired) electrons. The van der Waals surface area contributed by atoms with Gasteiger partial charge in [0.05, 0.1) is 36.2 Å². The molecule has 8 heteroatoms. The Hall–Kier alpha value is -4.10. The first kappa shape index (κ1) is 23.6. The highest BCUT2D eigenvalue weighted by Crippen LogP contribution is 2.27. The SMILES string of the molecule is COc1ccc(Cn2cnc3c4cc(C)ccc4n(CC(=O)Nc4ccc(C)cc4Cl)c3c2=O)cc1. The minimum absolute atomic E-state index is 0.0588. The molecule has 0 saturated carbocycles. The zero-order valence-corrected chi connectivity index (χ0v) is 21.0. The highest BCUT2D eigenvalue weighted by Gasteiger charge is 2.19. The van der Waals surface area contributed by atoms with Gasteiger partial charge in [0, 0.05) is 5.39 Å². The molecule has 0 aliphatic carbocycles. The summed E-state index contributed by atoms with van der Waals surface area (Å²) in [4.78, 5) is 31.4. The van der Waals surface area contributed by atoms with Crippen LogP contribution in [0.3, 0.4) is 0 Å². The molecule has 0 fully saturated rings. The Morgan fingerprint density at radius 2 is 1.75 bits per heavy atom. The van der Waals surface area contributed by atoms with Gasteiger partial charge in [0.25, 0.3) is 5.56 Å². The minimum atomic E-state index is -0.287. The molecule has 2 heterocycles. The van der Waals surface area contributed by atoms with Crippen LogP contribution in [0.4, 0.5) is 5.69 Å². The third-order valence-electron chi connectivity index (χ3n) is 6.19. The summed E-state index contributed by atoms with van der Waals surface area (Å²) < 4.78 is 8.52. The molecule has 0 aliphatic rings. The zero-order valence-electron chi connectivity index (χ0n) is 20.2. The van der Waals surface area contributed by atoms with E-state index in [1.165, 1.54) is 0 Å². The number of rotatable bonds is 6. The summed E-state index contributed by atoms with van der Waals surface area (Å²) in [5, 5.41) is 4.16. The Bertz CT molecular complexity index is 1670. The van der Waals surface area contributed by atoms with E-state index in [2.05, 4.69) is 10.3 Å². The summed E-state index contributed by atoms with van der Waals surface area (Å²) in [5.74, 6) is 0.458. The molecule has 0 atom stereocenters. The van der Waals surface area contributed by atoms with Gasteiger partial charge in [0.2, 0.25) is 5.91 Å². The van der Waals surface area contributed by atoms with Crippen LogP contribution in [0.15, 0.2) is 71.8 Å². The molecule has 0 unspecified atom stereocenters. The fraction of sp³-hybridized carbons (Fsp3) is 0.179. The Morgan fingerprint density at radius 1 is 1.03 bits per heavy atom. The van der Waals surface area contributed by atoms with Crippen LogP contribution in [0.1, 0.15) is 16.7 Å². The van der Waals surface area contributed by atoms with Gasteiger partial charge in [0.1, 0.15) is 23.3 Å². The summed E-state index contributed by atoms with van der Waals surface area (Å²) in [6, 6.07) is 18.8. The van der Waals surface area contributed by atoms with Crippen LogP contribution in [0, 0.1) is 13.8 Å². The highest BCUT2D eigenvalue weighted by molar-refractivity contribution is 6.33. The van der Waals surface area contributed by atoms with Crippen molar-refractivity contribution in [1.82, 2.24) is 14.1 Å². The van der Waals surface area contributed by atoms with Crippen LogP contribution in [0.2, 0.25) is 5.02 Å². The molecule has 36 heavy (non-hydrogen) atoms. The Kier molecular flexibility index (Phi) is 6.24. The van der Waals surface area contributed by atoms with E-state index in [0.717, 1.165) is 33.3 Å². The predicted molar refractivity (Wildman–Crippen MR) is 143 cm³/mol. The number of nitrogens with zero attached hydrogens (tertiary/aromatic N) is 3. The predicted octanol–water partition coefficient (Wildman–Crippen LogP) is 5.32. The van der Waals surface area contributed by atoms with E-state index in [9.17, 15) is 9.59 Å². The molecule has 1 amide bonds. The van der Waals surface area contributed by atoms with Crippen molar-refractivity contribution >= 4 is 45.1 Å². The standard InChI is InChI=1S/C28H25ClN4O3/c1-17-5-11-24-21(12-17)26-27(33(24)15-25(34)31-23-10-4-18(2)13-22(23)29)28(35)32(16-30-26)14-19-6-8-20(36-3)9-7-19/h4-13,16H,14-15H2,1-3H3,(H,31,34). The number of nitrogens with one attached hydrogen (secondary N) is 1. The van der Waals surface area contributed by atoms with Gasteiger partial charge in [-0.15, -0.1) is 0 Å². The average molecular weight is 501 g/mol. The van der Waals surface area contributed by atoms with Crippen molar-refractivity contribution in [2.75, 3.05) is 12.4 Å². The molecule has 5 aromatic rings. The quantitative estimate of drug-likeness (QED) is 0.342. The lowest BCUT2D eigenvalue weighted by molar-refractivity contribution is -0.116. The van der Waals surface area contributed by atoms with Gasteiger partial charge in [-0.05, 0) is 61.4 Å². The van der Waals surface area contributed by atoms with Gasteiger partial charge >= 0.3 is 0 Å². The third-order valence-corrected chi connectivity index (χ3v) is 6.51. The molecule has 0 aliphatic heterocycles. The topological polar surface area (TPSA) is 78.2 Å². The number of amides is 1. The number of aryl methyl sites for hydroxylation is 2. The van der Waals surface area contributed by atoms with E-state index < -0.39 is 0 Å².